The summed E-state index contributed by atoms with van der Waals surface area (Å²) in [6.45, 7) is 2.61. The van der Waals surface area contributed by atoms with E-state index >= 15 is 0 Å². The van der Waals surface area contributed by atoms with Gasteiger partial charge in [-0.25, -0.2) is 4.79 Å². The lowest BCUT2D eigenvalue weighted by molar-refractivity contribution is -0.146. The van der Waals surface area contributed by atoms with Crippen LogP contribution in [0.5, 0.6) is 5.75 Å². The highest BCUT2D eigenvalue weighted by molar-refractivity contribution is 5.89. The van der Waals surface area contributed by atoms with Crippen LogP contribution < -0.4 is 10.1 Å². The van der Waals surface area contributed by atoms with Gasteiger partial charge in [0.05, 0.1) is 0 Å². The maximum Gasteiger partial charge on any atom is 0.328 e. The number of aliphatic carboxylic acids is 1. The van der Waals surface area contributed by atoms with Crippen molar-refractivity contribution in [2.75, 3.05) is 6.61 Å². The zero-order valence-corrected chi connectivity index (χ0v) is 11.9. The van der Waals surface area contributed by atoms with Gasteiger partial charge in [0.2, 0.25) is 0 Å². The molecule has 0 aliphatic heterocycles. The van der Waals surface area contributed by atoms with E-state index in [9.17, 15) is 9.59 Å². The van der Waals surface area contributed by atoms with Crippen molar-refractivity contribution in [2.45, 2.75) is 19.4 Å². The third-order valence-corrected chi connectivity index (χ3v) is 3.09. The Morgan fingerprint density at radius 1 is 1.14 bits per heavy atom. The van der Waals surface area contributed by atoms with Crippen molar-refractivity contribution in [1.29, 1.82) is 0 Å². The topological polar surface area (TPSA) is 75.6 Å². The van der Waals surface area contributed by atoms with Crippen LogP contribution in [0.3, 0.4) is 0 Å². The lowest BCUT2D eigenvalue weighted by Crippen LogP contribution is -2.51. The van der Waals surface area contributed by atoms with E-state index in [4.69, 9.17) is 9.84 Å². The molecule has 0 aliphatic rings. The molecule has 0 atom stereocenters. The van der Waals surface area contributed by atoms with E-state index in [1.807, 2.05) is 36.4 Å². The summed E-state index contributed by atoms with van der Waals surface area (Å²) >= 11 is 0. The van der Waals surface area contributed by atoms with Crippen LogP contribution in [0.25, 0.3) is 10.8 Å². The van der Waals surface area contributed by atoms with Crippen LogP contribution in [-0.4, -0.2) is 29.1 Å². The molecule has 0 spiro atoms. The number of carbonyl (C=O) groups is 2. The molecule has 0 aromatic heterocycles. The van der Waals surface area contributed by atoms with E-state index in [0.29, 0.717) is 5.75 Å². The van der Waals surface area contributed by atoms with Crippen LogP contribution in [0.15, 0.2) is 42.5 Å². The monoisotopic (exact) mass is 287 g/mol. The maximum absolute atomic E-state index is 11.8. The molecule has 0 bridgehead atoms. The molecule has 2 aromatic carbocycles. The third kappa shape index (κ3) is 3.51. The van der Waals surface area contributed by atoms with Crippen LogP contribution in [-0.2, 0) is 9.59 Å². The SMILES string of the molecule is CC(C)(NC(=O)COc1cccc2ccccc12)C(=O)O. The number of ether oxygens (including phenoxy) is 1. The van der Waals surface area contributed by atoms with Gasteiger partial charge in [-0.15, -0.1) is 0 Å². The highest BCUT2D eigenvalue weighted by atomic mass is 16.5. The van der Waals surface area contributed by atoms with Gasteiger partial charge >= 0.3 is 5.97 Å². The van der Waals surface area contributed by atoms with Gasteiger partial charge in [0.15, 0.2) is 6.61 Å². The van der Waals surface area contributed by atoms with E-state index in [1.165, 1.54) is 13.8 Å². The van der Waals surface area contributed by atoms with Crippen LogP contribution in [0, 0.1) is 0 Å². The molecule has 0 aliphatic carbocycles. The summed E-state index contributed by atoms with van der Waals surface area (Å²) in [6.07, 6.45) is 0. The van der Waals surface area contributed by atoms with Crippen molar-refractivity contribution in [2.24, 2.45) is 0 Å². The Bertz CT molecular complexity index is 674. The van der Waals surface area contributed by atoms with Crippen molar-refractivity contribution in [3.63, 3.8) is 0 Å². The van der Waals surface area contributed by atoms with Crippen LogP contribution >= 0.6 is 0 Å². The molecule has 2 rings (SSSR count). The van der Waals surface area contributed by atoms with E-state index < -0.39 is 17.4 Å². The molecular weight excluding hydrogens is 270 g/mol. The first-order chi connectivity index (χ1) is 9.90. The second-order valence-electron chi connectivity index (χ2n) is 5.24. The summed E-state index contributed by atoms with van der Waals surface area (Å²) in [5.74, 6) is -0.979. The van der Waals surface area contributed by atoms with Gasteiger partial charge in [0.1, 0.15) is 11.3 Å². The quantitative estimate of drug-likeness (QED) is 0.884. The largest absolute Gasteiger partial charge is 0.483 e. The van der Waals surface area contributed by atoms with Gasteiger partial charge in [0.25, 0.3) is 5.91 Å². The molecule has 21 heavy (non-hydrogen) atoms. The Labute approximate surface area is 122 Å². The minimum absolute atomic E-state index is 0.231. The average Bonchev–Trinajstić information content (AvgIpc) is 2.44. The van der Waals surface area contributed by atoms with Crippen molar-refractivity contribution in [1.82, 2.24) is 5.32 Å². The lowest BCUT2D eigenvalue weighted by atomic mass is 10.1. The number of amides is 1. The van der Waals surface area contributed by atoms with Crippen molar-refractivity contribution in [3.05, 3.63) is 42.5 Å². The second kappa shape index (κ2) is 5.83. The number of carbonyl (C=O) groups excluding carboxylic acids is 1. The molecule has 110 valence electrons. The number of carboxylic acids is 1. The van der Waals surface area contributed by atoms with E-state index in [2.05, 4.69) is 5.32 Å². The molecule has 2 aromatic rings. The summed E-state index contributed by atoms with van der Waals surface area (Å²) in [6, 6.07) is 13.3. The number of nitrogens with one attached hydrogen (secondary N) is 1. The number of hydrogen-bond donors (Lipinski definition) is 2. The first-order valence-corrected chi connectivity index (χ1v) is 6.55. The van der Waals surface area contributed by atoms with Gasteiger partial charge in [0, 0.05) is 5.39 Å². The van der Waals surface area contributed by atoms with Gasteiger partial charge in [-0.1, -0.05) is 36.4 Å². The number of carboxylic acid groups (broad SMARTS) is 1. The molecular formula is C16H17NO4. The van der Waals surface area contributed by atoms with E-state index in [1.54, 1.807) is 6.07 Å². The van der Waals surface area contributed by atoms with E-state index in [0.717, 1.165) is 10.8 Å². The van der Waals surface area contributed by atoms with Gasteiger partial charge < -0.3 is 15.2 Å². The van der Waals surface area contributed by atoms with E-state index in [-0.39, 0.29) is 6.61 Å². The van der Waals surface area contributed by atoms with Gasteiger partial charge in [-0.3, -0.25) is 4.79 Å². The van der Waals surface area contributed by atoms with Gasteiger partial charge in [-0.05, 0) is 25.3 Å². The van der Waals surface area contributed by atoms with Crippen molar-refractivity contribution in [3.8, 4) is 5.75 Å². The highest BCUT2D eigenvalue weighted by Crippen LogP contribution is 2.24. The number of rotatable bonds is 5. The molecule has 5 heteroatoms. The minimum Gasteiger partial charge on any atom is -0.483 e. The first kappa shape index (κ1) is 14.8. The fraction of sp³-hybridized carbons (Fsp3) is 0.250. The molecule has 2 N–H and O–H groups in total. The normalized spacial score (nSPS) is 11.1. The second-order valence-corrected chi connectivity index (χ2v) is 5.24. The predicted molar refractivity (Wildman–Crippen MR) is 79.3 cm³/mol. The Hall–Kier alpha value is -2.56. The van der Waals surface area contributed by atoms with Gasteiger partial charge in [-0.2, -0.15) is 0 Å². The Balaban J connectivity index is 2.05. The van der Waals surface area contributed by atoms with Crippen LogP contribution in [0.4, 0.5) is 0 Å². The highest BCUT2D eigenvalue weighted by Gasteiger charge is 2.28. The Kier molecular flexibility index (Phi) is 4.12. The molecule has 5 nitrogen and oxygen atoms in total. The molecule has 1 amide bonds. The Morgan fingerprint density at radius 2 is 1.81 bits per heavy atom. The summed E-state index contributed by atoms with van der Waals surface area (Å²) < 4.78 is 5.50. The number of fused-ring (bicyclic) bond motifs is 1. The van der Waals surface area contributed by atoms with Crippen molar-refractivity contribution >= 4 is 22.6 Å². The summed E-state index contributed by atoms with van der Waals surface area (Å²) in [5.41, 5.74) is -1.32. The Morgan fingerprint density at radius 3 is 2.52 bits per heavy atom. The summed E-state index contributed by atoms with van der Waals surface area (Å²) in [4.78, 5) is 22.7. The summed E-state index contributed by atoms with van der Waals surface area (Å²) in [5, 5.41) is 13.3. The average molecular weight is 287 g/mol. The molecule has 0 saturated heterocycles. The van der Waals surface area contributed by atoms with Crippen molar-refractivity contribution < 1.29 is 19.4 Å². The zero-order chi connectivity index (χ0) is 15.5. The maximum atomic E-state index is 11.8. The standard InChI is InChI=1S/C16H17NO4/c1-16(2,15(19)20)17-14(18)10-21-13-9-5-7-11-6-3-4-8-12(11)13/h3-9H,10H2,1-2H3,(H,17,18)(H,19,20). The molecule has 0 unspecified atom stereocenters. The molecule has 0 fully saturated rings. The fourth-order valence-corrected chi connectivity index (χ4v) is 1.90. The molecule has 0 heterocycles. The zero-order valence-electron chi connectivity index (χ0n) is 11.9. The molecule has 0 radical (unpaired) electrons. The fourth-order valence-electron chi connectivity index (χ4n) is 1.90. The lowest BCUT2D eigenvalue weighted by Gasteiger charge is -2.21. The van der Waals surface area contributed by atoms with Crippen LogP contribution in [0.1, 0.15) is 13.8 Å². The minimum atomic E-state index is -1.32. The third-order valence-electron chi connectivity index (χ3n) is 3.09. The van der Waals surface area contributed by atoms with Crippen LogP contribution in [0.2, 0.25) is 0 Å². The number of hydrogen-bond acceptors (Lipinski definition) is 3. The predicted octanol–water partition coefficient (Wildman–Crippen LogP) is 2.20. The number of benzene rings is 2. The first-order valence-electron chi connectivity index (χ1n) is 6.55. The summed E-state index contributed by atoms with van der Waals surface area (Å²) in [7, 11) is 0. The molecule has 0 saturated carbocycles. The smallest absolute Gasteiger partial charge is 0.328 e.